The Hall–Kier alpha value is -2.39. The van der Waals surface area contributed by atoms with Gasteiger partial charge in [0.1, 0.15) is 42.2 Å². The first-order valence-electron chi connectivity index (χ1n) is 11.2. The molecule has 1 fully saturated rings. The van der Waals surface area contributed by atoms with E-state index in [1.54, 1.807) is 19.1 Å². The number of rotatable bonds is 5. The van der Waals surface area contributed by atoms with Gasteiger partial charge in [-0.3, -0.25) is 0 Å². The maximum Gasteiger partial charge on any atom is 0.342 e. The molecule has 182 valence electrons. The molecule has 0 bridgehead atoms. The summed E-state index contributed by atoms with van der Waals surface area (Å²) in [6.45, 7) is 8.10. The van der Waals surface area contributed by atoms with Crippen LogP contribution in [0, 0.1) is 0 Å². The molecule has 2 aliphatic heterocycles. The van der Waals surface area contributed by atoms with Crippen molar-refractivity contribution in [1.29, 1.82) is 0 Å². The Balaban J connectivity index is 1.96. The average molecular weight is 463 g/mol. The number of phenols is 1. The summed E-state index contributed by atoms with van der Waals surface area (Å²) >= 11 is 0. The van der Waals surface area contributed by atoms with Gasteiger partial charge in [0.05, 0.1) is 13.2 Å². The van der Waals surface area contributed by atoms with Crippen LogP contribution < -0.4 is 4.74 Å². The maximum atomic E-state index is 12.8. The number of ether oxygens (including phenoxy) is 6. The third kappa shape index (κ3) is 6.57. The number of hydrogen-bond donors (Lipinski definition) is 1. The highest BCUT2D eigenvalue weighted by molar-refractivity contribution is 5.97. The molecule has 33 heavy (non-hydrogen) atoms. The van der Waals surface area contributed by atoms with E-state index in [1.807, 2.05) is 39.0 Å². The van der Waals surface area contributed by atoms with Gasteiger partial charge in [-0.05, 0) is 45.7 Å². The fourth-order valence-electron chi connectivity index (χ4n) is 3.91. The molecule has 4 atom stereocenters. The first kappa shape index (κ1) is 25.2. The molecule has 0 radical (unpaired) electrons. The van der Waals surface area contributed by atoms with Gasteiger partial charge in [0, 0.05) is 19.1 Å². The van der Waals surface area contributed by atoms with Gasteiger partial charge in [-0.2, -0.15) is 0 Å². The van der Waals surface area contributed by atoms with Gasteiger partial charge in [0.2, 0.25) is 0 Å². The zero-order valence-corrected chi connectivity index (χ0v) is 19.9. The summed E-state index contributed by atoms with van der Waals surface area (Å²) in [6.07, 6.45) is 6.92. The second-order valence-corrected chi connectivity index (χ2v) is 8.51. The molecule has 3 rings (SSSR count). The highest BCUT2D eigenvalue weighted by Gasteiger charge is 2.44. The predicted molar refractivity (Wildman–Crippen MR) is 122 cm³/mol. The Bertz CT molecular complexity index is 875. The summed E-state index contributed by atoms with van der Waals surface area (Å²) in [4.78, 5) is 12.8. The summed E-state index contributed by atoms with van der Waals surface area (Å²) in [7, 11) is 1.50. The van der Waals surface area contributed by atoms with E-state index in [0.29, 0.717) is 30.8 Å². The highest BCUT2D eigenvalue weighted by Crippen LogP contribution is 2.35. The minimum absolute atomic E-state index is 0.0957. The number of hydrogen-bond acceptors (Lipinski definition) is 8. The van der Waals surface area contributed by atoms with Gasteiger partial charge in [-0.1, -0.05) is 24.3 Å². The summed E-state index contributed by atoms with van der Waals surface area (Å²) in [5, 5.41) is 10.5. The fraction of sp³-hybridized carbons (Fsp3) is 0.560. The van der Waals surface area contributed by atoms with Crippen molar-refractivity contribution in [2.45, 2.75) is 70.7 Å². The first-order chi connectivity index (χ1) is 15.7. The number of aromatic hydroxyl groups is 1. The molecule has 8 nitrogen and oxygen atoms in total. The van der Waals surface area contributed by atoms with Crippen LogP contribution >= 0.6 is 0 Å². The molecule has 0 aromatic heterocycles. The normalized spacial score (nSPS) is 29.3. The summed E-state index contributed by atoms with van der Waals surface area (Å²) in [5.74, 6) is -1.14. The molecule has 2 heterocycles. The van der Waals surface area contributed by atoms with E-state index in [-0.39, 0.29) is 30.3 Å². The van der Waals surface area contributed by atoms with Crippen LogP contribution in [0.25, 0.3) is 6.08 Å². The highest BCUT2D eigenvalue weighted by atomic mass is 16.8. The van der Waals surface area contributed by atoms with Crippen molar-refractivity contribution >= 4 is 12.0 Å². The molecular formula is C25H34O8. The number of esters is 1. The largest absolute Gasteiger partial charge is 0.507 e. The lowest BCUT2D eigenvalue weighted by molar-refractivity contribution is -0.165. The quantitative estimate of drug-likeness (QED) is 0.301. The summed E-state index contributed by atoms with van der Waals surface area (Å²) in [6, 6.07) is 3.08. The van der Waals surface area contributed by atoms with E-state index in [9.17, 15) is 9.90 Å². The summed E-state index contributed by atoms with van der Waals surface area (Å²) in [5.41, 5.74) is 0.592. The molecule has 1 aromatic carbocycles. The molecule has 0 spiro atoms. The Labute approximate surface area is 195 Å². The molecule has 0 amide bonds. The lowest BCUT2D eigenvalue weighted by Gasteiger charge is -2.24. The molecule has 1 N–H and O–H groups in total. The standard InChI is InChI=1S/C25H34O8/c1-6-29-15-30-20-11-7-9-16(2)31-24(27)22-17(13-18(28-5)14-19(22)26)10-8-12-21-23(20)33-25(3,4)32-21/h7-8,10-11,13-14,16,20-21,23,26H,6,9,12,15H2,1-5H3/b10-8+,11-7-/t16-,20?,21-,23+/m0/s1. The van der Waals surface area contributed by atoms with Crippen LogP contribution in [0.15, 0.2) is 30.4 Å². The number of fused-ring (bicyclic) bond motifs is 2. The average Bonchev–Trinajstić information content (AvgIpc) is 3.05. The van der Waals surface area contributed by atoms with E-state index in [0.717, 1.165) is 0 Å². The van der Waals surface area contributed by atoms with Crippen molar-refractivity contribution in [2.75, 3.05) is 20.5 Å². The summed E-state index contributed by atoms with van der Waals surface area (Å²) < 4.78 is 34.5. The third-order valence-electron chi connectivity index (χ3n) is 5.42. The monoisotopic (exact) mass is 462 g/mol. The van der Waals surface area contributed by atoms with Crippen LogP contribution in [-0.2, 0) is 23.7 Å². The number of cyclic esters (lactones) is 1. The van der Waals surface area contributed by atoms with E-state index in [1.165, 1.54) is 13.2 Å². The van der Waals surface area contributed by atoms with Gasteiger partial charge >= 0.3 is 5.97 Å². The number of benzene rings is 1. The minimum Gasteiger partial charge on any atom is -0.507 e. The molecule has 8 heteroatoms. The number of methoxy groups -OCH3 is 1. The minimum atomic E-state index is -0.774. The van der Waals surface area contributed by atoms with E-state index >= 15 is 0 Å². The Morgan fingerprint density at radius 2 is 1.97 bits per heavy atom. The van der Waals surface area contributed by atoms with Gasteiger partial charge in [-0.25, -0.2) is 4.79 Å². The lowest BCUT2D eigenvalue weighted by atomic mass is 10.0. The van der Waals surface area contributed by atoms with Crippen molar-refractivity contribution in [1.82, 2.24) is 0 Å². The van der Waals surface area contributed by atoms with E-state index in [2.05, 4.69) is 0 Å². The zero-order chi connectivity index (χ0) is 24.0. The third-order valence-corrected chi connectivity index (χ3v) is 5.42. The molecular weight excluding hydrogens is 428 g/mol. The Morgan fingerprint density at radius 3 is 2.70 bits per heavy atom. The van der Waals surface area contributed by atoms with Gasteiger partial charge in [-0.15, -0.1) is 0 Å². The van der Waals surface area contributed by atoms with Gasteiger partial charge in [0.15, 0.2) is 5.79 Å². The molecule has 1 unspecified atom stereocenters. The predicted octanol–water partition coefficient (Wildman–Crippen LogP) is 4.21. The van der Waals surface area contributed by atoms with E-state index < -0.39 is 24.0 Å². The van der Waals surface area contributed by atoms with Crippen LogP contribution in [0.3, 0.4) is 0 Å². The first-order valence-corrected chi connectivity index (χ1v) is 11.2. The van der Waals surface area contributed by atoms with Crippen molar-refractivity contribution < 1.29 is 38.3 Å². The van der Waals surface area contributed by atoms with Crippen LogP contribution in [0.2, 0.25) is 0 Å². The van der Waals surface area contributed by atoms with Crippen LogP contribution in [0.4, 0.5) is 0 Å². The number of carbonyl (C=O) groups is 1. The van der Waals surface area contributed by atoms with Crippen molar-refractivity contribution in [2.24, 2.45) is 0 Å². The molecule has 0 saturated carbocycles. The van der Waals surface area contributed by atoms with Crippen LogP contribution in [0.5, 0.6) is 11.5 Å². The van der Waals surface area contributed by atoms with Crippen molar-refractivity contribution in [3.05, 3.63) is 41.5 Å². The second kappa shape index (κ2) is 11.2. The van der Waals surface area contributed by atoms with Crippen LogP contribution in [0.1, 0.15) is 56.5 Å². The van der Waals surface area contributed by atoms with E-state index in [4.69, 9.17) is 28.4 Å². The molecule has 2 aliphatic rings. The Kier molecular flexibility index (Phi) is 8.53. The van der Waals surface area contributed by atoms with Crippen LogP contribution in [-0.4, -0.2) is 61.8 Å². The van der Waals surface area contributed by atoms with Gasteiger partial charge < -0.3 is 33.5 Å². The second-order valence-electron chi connectivity index (χ2n) is 8.51. The fourth-order valence-corrected chi connectivity index (χ4v) is 3.91. The van der Waals surface area contributed by atoms with Crippen molar-refractivity contribution in [3.63, 3.8) is 0 Å². The smallest absolute Gasteiger partial charge is 0.342 e. The van der Waals surface area contributed by atoms with Gasteiger partial charge in [0.25, 0.3) is 0 Å². The molecule has 0 aliphatic carbocycles. The van der Waals surface area contributed by atoms with Crippen molar-refractivity contribution in [3.8, 4) is 11.5 Å². The zero-order valence-electron chi connectivity index (χ0n) is 19.9. The maximum absolute atomic E-state index is 12.8. The lowest BCUT2D eigenvalue weighted by Crippen LogP contribution is -2.36. The molecule has 1 aromatic rings. The number of phenolic OH excluding ortho intramolecular Hbond substituents is 1. The molecule has 1 saturated heterocycles. The Morgan fingerprint density at radius 1 is 1.18 bits per heavy atom. The number of carbonyl (C=O) groups excluding carboxylic acids is 1. The topological polar surface area (TPSA) is 92.7 Å². The SMILES string of the molecule is CCOCOC1/C=C\C[C@H](C)OC(=O)c2c(O)cc(OC)cc2/C=C/C[C@@H]2OC(C)(C)O[C@H]12.